The number of benzene rings is 2. The summed E-state index contributed by atoms with van der Waals surface area (Å²) in [5.74, 6) is -0.0418. The van der Waals surface area contributed by atoms with Crippen LogP contribution in [0, 0.1) is 12.8 Å². The molecular weight excluding hydrogens is 360 g/mol. The van der Waals surface area contributed by atoms with E-state index in [2.05, 4.69) is 10.0 Å². The first kappa shape index (κ1) is 19.3. The highest BCUT2D eigenvalue weighted by atomic mass is 35.5. The highest BCUT2D eigenvalue weighted by molar-refractivity contribution is 7.92. The minimum absolute atomic E-state index is 0.0561. The second-order valence-electron chi connectivity index (χ2n) is 6.22. The molecule has 0 radical (unpaired) electrons. The molecule has 1 amide bonds. The van der Waals surface area contributed by atoms with E-state index in [0.29, 0.717) is 18.2 Å². The van der Waals surface area contributed by atoms with Gasteiger partial charge in [0.25, 0.3) is 15.9 Å². The second kappa shape index (κ2) is 7.89. The first-order valence-corrected chi connectivity index (χ1v) is 9.72. The Labute approximate surface area is 153 Å². The van der Waals surface area contributed by atoms with Gasteiger partial charge in [0.15, 0.2) is 0 Å². The van der Waals surface area contributed by atoms with Gasteiger partial charge in [0.05, 0.1) is 5.02 Å². The van der Waals surface area contributed by atoms with E-state index in [-0.39, 0.29) is 21.4 Å². The summed E-state index contributed by atoms with van der Waals surface area (Å²) in [5.41, 5.74) is 1.61. The molecule has 0 unspecified atom stereocenters. The average molecular weight is 381 g/mol. The van der Waals surface area contributed by atoms with E-state index in [9.17, 15) is 13.2 Å². The first-order chi connectivity index (χ1) is 11.7. The normalized spacial score (nSPS) is 11.4. The fourth-order valence-electron chi connectivity index (χ4n) is 2.17. The molecule has 2 aromatic rings. The summed E-state index contributed by atoms with van der Waals surface area (Å²) in [5, 5.41) is 2.81. The minimum Gasteiger partial charge on any atom is -0.352 e. The number of amides is 1. The Morgan fingerprint density at radius 3 is 2.52 bits per heavy atom. The molecule has 7 heteroatoms. The van der Waals surface area contributed by atoms with Gasteiger partial charge in [0, 0.05) is 17.8 Å². The summed E-state index contributed by atoms with van der Waals surface area (Å²) in [4.78, 5) is 12.0. The number of rotatable bonds is 6. The van der Waals surface area contributed by atoms with Crippen molar-refractivity contribution in [3.8, 4) is 0 Å². The van der Waals surface area contributed by atoms with Crippen molar-refractivity contribution in [2.45, 2.75) is 25.7 Å². The van der Waals surface area contributed by atoms with Crippen LogP contribution in [0.15, 0.2) is 47.4 Å². The summed E-state index contributed by atoms with van der Waals surface area (Å²) in [6.45, 7) is 6.32. The number of nitrogens with one attached hydrogen (secondary N) is 2. The SMILES string of the molecule is Cc1cccc(NS(=O)(=O)c2cc(C(=O)NCC(C)C)ccc2Cl)c1. The van der Waals surface area contributed by atoms with E-state index >= 15 is 0 Å². The van der Waals surface area contributed by atoms with Crippen LogP contribution in [0.25, 0.3) is 0 Å². The van der Waals surface area contributed by atoms with Gasteiger partial charge >= 0.3 is 0 Å². The lowest BCUT2D eigenvalue weighted by Crippen LogP contribution is -2.27. The number of aryl methyl sites for hydroxylation is 1. The standard InChI is InChI=1S/C18H21ClN2O3S/c1-12(2)11-20-18(22)14-7-8-16(19)17(10-14)25(23,24)21-15-6-4-5-13(3)9-15/h4-10,12,21H,11H2,1-3H3,(H,20,22). The highest BCUT2D eigenvalue weighted by Crippen LogP contribution is 2.25. The number of hydrogen-bond donors (Lipinski definition) is 2. The van der Waals surface area contributed by atoms with Gasteiger partial charge in [-0.25, -0.2) is 8.42 Å². The Morgan fingerprint density at radius 1 is 1.16 bits per heavy atom. The third-order valence-corrected chi connectivity index (χ3v) is 5.29. The van der Waals surface area contributed by atoms with Gasteiger partial charge < -0.3 is 5.32 Å². The molecule has 5 nitrogen and oxygen atoms in total. The topological polar surface area (TPSA) is 75.3 Å². The maximum atomic E-state index is 12.6. The van der Waals surface area contributed by atoms with Gasteiger partial charge in [-0.1, -0.05) is 37.6 Å². The number of hydrogen-bond acceptors (Lipinski definition) is 3. The molecule has 0 atom stereocenters. The van der Waals surface area contributed by atoms with Crippen LogP contribution in [-0.4, -0.2) is 20.9 Å². The van der Waals surface area contributed by atoms with Crippen LogP contribution in [0.4, 0.5) is 5.69 Å². The predicted molar refractivity (Wildman–Crippen MR) is 101 cm³/mol. The molecule has 0 aliphatic carbocycles. The van der Waals surface area contributed by atoms with Crippen molar-refractivity contribution < 1.29 is 13.2 Å². The highest BCUT2D eigenvalue weighted by Gasteiger charge is 2.20. The van der Waals surface area contributed by atoms with Crippen LogP contribution < -0.4 is 10.0 Å². The van der Waals surface area contributed by atoms with E-state index in [0.717, 1.165) is 5.56 Å². The molecule has 0 aliphatic heterocycles. The zero-order chi connectivity index (χ0) is 18.6. The molecule has 0 aliphatic rings. The molecule has 2 N–H and O–H groups in total. The summed E-state index contributed by atoms with van der Waals surface area (Å²) in [6, 6.07) is 11.2. The Bertz CT molecular complexity index is 880. The van der Waals surface area contributed by atoms with Crippen LogP contribution in [0.5, 0.6) is 0 Å². The van der Waals surface area contributed by atoms with Crippen LogP contribution in [0.2, 0.25) is 5.02 Å². The third kappa shape index (κ3) is 5.21. The number of carbonyl (C=O) groups excluding carboxylic acids is 1. The lowest BCUT2D eigenvalue weighted by molar-refractivity contribution is 0.0949. The minimum atomic E-state index is -3.91. The smallest absolute Gasteiger partial charge is 0.263 e. The summed E-state index contributed by atoms with van der Waals surface area (Å²) in [7, 11) is -3.91. The molecule has 134 valence electrons. The molecule has 0 saturated heterocycles. The molecule has 0 aromatic heterocycles. The lowest BCUT2D eigenvalue weighted by atomic mass is 10.2. The van der Waals surface area contributed by atoms with Crippen LogP contribution in [-0.2, 0) is 10.0 Å². The van der Waals surface area contributed by atoms with Crippen molar-refractivity contribution in [3.63, 3.8) is 0 Å². The van der Waals surface area contributed by atoms with E-state index < -0.39 is 10.0 Å². The third-order valence-electron chi connectivity index (χ3n) is 3.42. The molecule has 0 fully saturated rings. The molecule has 2 aromatic carbocycles. The maximum absolute atomic E-state index is 12.6. The Morgan fingerprint density at radius 2 is 1.88 bits per heavy atom. The fourth-order valence-corrected chi connectivity index (χ4v) is 3.74. The molecular formula is C18H21ClN2O3S. The monoisotopic (exact) mass is 380 g/mol. The second-order valence-corrected chi connectivity index (χ2v) is 8.28. The predicted octanol–water partition coefficient (Wildman–Crippen LogP) is 3.84. The van der Waals surface area contributed by atoms with Crippen molar-refractivity contribution in [1.82, 2.24) is 5.32 Å². The average Bonchev–Trinajstić information content (AvgIpc) is 2.52. The van der Waals surface area contributed by atoms with Gasteiger partial charge in [-0.2, -0.15) is 0 Å². The number of halogens is 1. The molecule has 0 heterocycles. The molecule has 0 saturated carbocycles. The van der Waals surface area contributed by atoms with Crippen molar-refractivity contribution in [2.24, 2.45) is 5.92 Å². The van der Waals surface area contributed by atoms with Crippen LogP contribution in [0.3, 0.4) is 0 Å². The van der Waals surface area contributed by atoms with Gasteiger partial charge in [-0.05, 0) is 48.7 Å². The summed E-state index contributed by atoms with van der Waals surface area (Å²) >= 11 is 6.06. The van der Waals surface area contributed by atoms with E-state index in [1.54, 1.807) is 18.2 Å². The van der Waals surface area contributed by atoms with Gasteiger partial charge in [0.1, 0.15) is 4.90 Å². The van der Waals surface area contributed by atoms with Crippen molar-refractivity contribution in [2.75, 3.05) is 11.3 Å². The first-order valence-electron chi connectivity index (χ1n) is 7.86. The Balaban J connectivity index is 2.30. The molecule has 2 rings (SSSR count). The largest absolute Gasteiger partial charge is 0.352 e. The lowest BCUT2D eigenvalue weighted by Gasteiger charge is -2.12. The Hall–Kier alpha value is -2.05. The van der Waals surface area contributed by atoms with Gasteiger partial charge in [0.2, 0.25) is 0 Å². The number of carbonyl (C=O) groups is 1. The molecule has 0 bridgehead atoms. The van der Waals surface area contributed by atoms with Crippen molar-refractivity contribution in [3.05, 3.63) is 58.6 Å². The van der Waals surface area contributed by atoms with Crippen LogP contribution in [0.1, 0.15) is 29.8 Å². The quantitative estimate of drug-likeness (QED) is 0.799. The van der Waals surface area contributed by atoms with Gasteiger partial charge in [-0.3, -0.25) is 9.52 Å². The zero-order valence-electron chi connectivity index (χ0n) is 14.3. The molecule has 0 spiro atoms. The Kier molecular flexibility index (Phi) is 6.08. The van der Waals surface area contributed by atoms with Gasteiger partial charge in [-0.15, -0.1) is 0 Å². The fraction of sp³-hybridized carbons (Fsp3) is 0.278. The maximum Gasteiger partial charge on any atom is 0.263 e. The van der Waals surface area contributed by atoms with E-state index in [1.807, 2.05) is 26.8 Å². The zero-order valence-corrected chi connectivity index (χ0v) is 15.9. The van der Waals surface area contributed by atoms with Crippen molar-refractivity contribution in [1.29, 1.82) is 0 Å². The van der Waals surface area contributed by atoms with Crippen LogP contribution >= 0.6 is 11.6 Å². The summed E-state index contributed by atoms with van der Waals surface area (Å²) in [6.07, 6.45) is 0. The van der Waals surface area contributed by atoms with E-state index in [4.69, 9.17) is 11.6 Å². The molecule has 25 heavy (non-hydrogen) atoms. The number of sulfonamides is 1. The van der Waals surface area contributed by atoms with E-state index in [1.165, 1.54) is 18.2 Å². The number of anilines is 1. The van der Waals surface area contributed by atoms with Crippen molar-refractivity contribution >= 4 is 33.2 Å². The summed E-state index contributed by atoms with van der Waals surface area (Å²) < 4.78 is 27.8.